The van der Waals surface area contributed by atoms with Crippen LogP contribution in [0.5, 0.6) is 0 Å². The maximum atomic E-state index is 13.0. The van der Waals surface area contributed by atoms with Crippen LogP contribution in [0.15, 0.2) is 24.5 Å². The number of aryl methyl sites for hydroxylation is 1. The zero-order chi connectivity index (χ0) is 11.8. The SMILES string of the molecule is Nc1cc(F)ccc1-n1cnc2c1CCCC2. The first kappa shape index (κ1) is 10.3. The van der Waals surface area contributed by atoms with Crippen molar-refractivity contribution in [3.63, 3.8) is 0 Å². The van der Waals surface area contributed by atoms with Crippen molar-refractivity contribution in [1.82, 2.24) is 9.55 Å². The van der Waals surface area contributed by atoms with Crippen LogP contribution in [0, 0.1) is 5.82 Å². The molecule has 1 heterocycles. The molecule has 0 saturated heterocycles. The zero-order valence-electron chi connectivity index (χ0n) is 9.49. The van der Waals surface area contributed by atoms with Gasteiger partial charge in [-0.05, 0) is 43.9 Å². The molecule has 4 heteroatoms. The fourth-order valence-corrected chi connectivity index (χ4v) is 2.42. The third-order valence-electron chi connectivity index (χ3n) is 3.28. The van der Waals surface area contributed by atoms with Crippen molar-refractivity contribution in [3.05, 3.63) is 41.7 Å². The Bertz CT molecular complexity index is 560. The molecule has 1 aliphatic rings. The number of benzene rings is 1. The van der Waals surface area contributed by atoms with E-state index in [0.717, 1.165) is 24.2 Å². The number of hydrogen-bond acceptors (Lipinski definition) is 2. The fraction of sp³-hybridized carbons (Fsp3) is 0.308. The van der Waals surface area contributed by atoms with Gasteiger partial charge in [0.05, 0.1) is 23.4 Å². The molecule has 3 nitrogen and oxygen atoms in total. The Kier molecular flexibility index (Phi) is 2.35. The Morgan fingerprint density at radius 2 is 2.06 bits per heavy atom. The van der Waals surface area contributed by atoms with Crippen molar-refractivity contribution in [2.45, 2.75) is 25.7 Å². The molecule has 1 aromatic heterocycles. The van der Waals surface area contributed by atoms with Crippen LogP contribution in [0.2, 0.25) is 0 Å². The molecule has 1 aromatic carbocycles. The molecule has 0 amide bonds. The van der Waals surface area contributed by atoms with Crippen molar-refractivity contribution >= 4 is 5.69 Å². The van der Waals surface area contributed by atoms with E-state index in [1.54, 1.807) is 12.4 Å². The molecule has 0 atom stereocenters. The molecule has 0 aliphatic heterocycles. The van der Waals surface area contributed by atoms with Crippen LogP contribution in [0.25, 0.3) is 5.69 Å². The minimum absolute atomic E-state index is 0.305. The summed E-state index contributed by atoms with van der Waals surface area (Å²) in [6, 6.07) is 4.49. The summed E-state index contributed by atoms with van der Waals surface area (Å²) in [6.07, 6.45) is 6.22. The number of nitrogens with zero attached hydrogens (tertiary/aromatic N) is 2. The Balaban J connectivity index is 2.12. The van der Waals surface area contributed by atoms with Crippen LogP contribution in [0.3, 0.4) is 0 Å². The minimum Gasteiger partial charge on any atom is -0.397 e. The second-order valence-electron chi connectivity index (χ2n) is 4.42. The summed E-state index contributed by atoms with van der Waals surface area (Å²) in [6.45, 7) is 0. The van der Waals surface area contributed by atoms with E-state index in [-0.39, 0.29) is 5.82 Å². The number of fused-ring (bicyclic) bond motifs is 1. The highest BCUT2D eigenvalue weighted by Gasteiger charge is 2.17. The summed E-state index contributed by atoms with van der Waals surface area (Å²) in [5.74, 6) is -0.305. The number of nitrogens with two attached hydrogens (primary N) is 1. The van der Waals surface area contributed by atoms with Gasteiger partial charge in [-0.25, -0.2) is 9.37 Å². The second-order valence-corrected chi connectivity index (χ2v) is 4.42. The topological polar surface area (TPSA) is 43.8 Å². The second kappa shape index (κ2) is 3.87. The molecule has 0 unspecified atom stereocenters. The van der Waals surface area contributed by atoms with E-state index in [1.165, 1.54) is 30.7 Å². The smallest absolute Gasteiger partial charge is 0.125 e. The van der Waals surface area contributed by atoms with Crippen molar-refractivity contribution in [2.75, 3.05) is 5.73 Å². The quantitative estimate of drug-likeness (QED) is 0.766. The van der Waals surface area contributed by atoms with Crippen molar-refractivity contribution in [2.24, 2.45) is 0 Å². The van der Waals surface area contributed by atoms with Crippen LogP contribution in [-0.4, -0.2) is 9.55 Å². The largest absolute Gasteiger partial charge is 0.397 e. The van der Waals surface area contributed by atoms with E-state index >= 15 is 0 Å². The summed E-state index contributed by atoms with van der Waals surface area (Å²) in [5.41, 5.74) is 9.50. The van der Waals surface area contributed by atoms with Gasteiger partial charge in [0.1, 0.15) is 5.82 Å². The molecule has 2 aromatic rings. The molecule has 3 rings (SSSR count). The lowest BCUT2D eigenvalue weighted by molar-refractivity contribution is 0.627. The molecular weight excluding hydrogens is 217 g/mol. The number of rotatable bonds is 1. The first-order valence-electron chi connectivity index (χ1n) is 5.86. The Morgan fingerprint density at radius 1 is 1.24 bits per heavy atom. The Morgan fingerprint density at radius 3 is 2.88 bits per heavy atom. The minimum atomic E-state index is -0.305. The molecule has 0 bridgehead atoms. The lowest BCUT2D eigenvalue weighted by Gasteiger charge is -2.15. The van der Waals surface area contributed by atoms with E-state index in [0.29, 0.717) is 5.69 Å². The highest BCUT2D eigenvalue weighted by atomic mass is 19.1. The first-order chi connectivity index (χ1) is 8.25. The molecule has 2 N–H and O–H groups in total. The summed E-state index contributed by atoms with van der Waals surface area (Å²) in [5, 5.41) is 0. The molecular formula is C13H14FN3. The highest BCUT2D eigenvalue weighted by Crippen LogP contribution is 2.26. The van der Waals surface area contributed by atoms with Gasteiger partial charge in [0.15, 0.2) is 0 Å². The van der Waals surface area contributed by atoms with Gasteiger partial charge in [-0.15, -0.1) is 0 Å². The van der Waals surface area contributed by atoms with Crippen LogP contribution in [-0.2, 0) is 12.8 Å². The van der Waals surface area contributed by atoms with Gasteiger partial charge in [0, 0.05) is 5.69 Å². The number of aromatic nitrogens is 2. The monoisotopic (exact) mass is 231 g/mol. The van der Waals surface area contributed by atoms with Gasteiger partial charge in [0.25, 0.3) is 0 Å². The lowest BCUT2D eigenvalue weighted by atomic mass is 10.0. The van der Waals surface area contributed by atoms with Gasteiger partial charge in [0.2, 0.25) is 0 Å². The van der Waals surface area contributed by atoms with E-state index in [4.69, 9.17) is 5.73 Å². The summed E-state index contributed by atoms with van der Waals surface area (Å²) in [4.78, 5) is 4.41. The summed E-state index contributed by atoms with van der Waals surface area (Å²) < 4.78 is 15.0. The molecule has 0 spiro atoms. The number of hydrogen-bond donors (Lipinski definition) is 1. The molecule has 0 radical (unpaired) electrons. The third-order valence-corrected chi connectivity index (χ3v) is 3.28. The van der Waals surface area contributed by atoms with Crippen LogP contribution in [0.1, 0.15) is 24.2 Å². The first-order valence-corrected chi connectivity index (χ1v) is 5.86. The highest BCUT2D eigenvalue weighted by molar-refractivity contribution is 5.58. The van der Waals surface area contributed by atoms with E-state index in [2.05, 4.69) is 4.98 Å². The zero-order valence-corrected chi connectivity index (χ0v) is 9.49. The molecule has 88 valence electrons. The normalized spacial score (nSPS) is 14.6. The number of nitrogen functional groups attached to an aromatic ring is 1. The number of anilines is 1. The van der Waals surface area contributed by atoms with Crippen LogP contribution >= 0.6 is 0 Å². The van der Waals surface area contributed by atoms with Crippen molar-refractivity contribution in [1.29, 1.82) is 0 Å². The van der Waals surface area contributed by atoms with Gasteiger partial charge in [-0.3, -0.25) is 0 Å². The lowest BCUT2D eigenvalue weighted by Crippen LogP contribution is -2.08. The van der Waals surface area contributed by atoms with Crippen LogP contribution in [0.4, 0.5) is 10.1 Å². The molecule has 17 heavy (non-hydrogen) atoms. The van der Waals surface area contributed by atoms with Crippen LogP contribution < -0.4 is 5.73 Å². The van der Waals surface area contributed by atoms with E-state index < -0.39 is 0 Å². The Labute approximate surface area is 99.1 Å². The summed E-state index contributed by atoms with van der Waals surface area (Å²) in [7, 11) is 0. The standard InChI is InChI=1S/C13H14FN3/c14-9-5-6-12(10(15)7-9)17-8-16-11-3-1-2-4-13(11)17/h5-8H,1-4,15H2. The van der Waals surface area contributed by atoms with Gasteiger partial charge >= 0.3 is 0 Å². The number of halogens is 1. The molecule has 1 aliphatic carbocycles. The van der Waals surface area contributed by atoms with Crippen molar-refractivity contribution in [3.8, 4) is 5.69 Å². The molecule has 0 saturated carbocycles. The van der Waals surface area contributed by atoms with E-state index in [9.17, 15) is 4.39 Å². The maximum Gasteiger partial charge on any atom is 0.125 e. The van der Waals surface area contributed by atoms with Gasteiger partial charge < -0.3 is 10.3 Å². The third kappa shape index (κ3) is 1.69. The average Bonchev–Trinajstić information content (AvgIpc) is 2.73. The predicted octanol–water partition coefficient (Wildman–Crippen LogP) is 2.47. The predicted molar refractivity (Wildman–Crippen MR) is 64.6 cm³/mol. The Hall–Kier alpha value is -1.84. The van der Waals surface area contributed by atoms with Crippen molar-refractivity contribution < 1.29 is 4.39 Å². The number of imidazole rings is 1. The average molecular weight is 231 g/mol. The van der Waals surface area contributed by atoms with Gasteiger partial charge in [-0.1, -0.05) is 0 Å². The molecule has 0 fully saturated rings. The summed E-state index contributed by atoms with van der Waals surface area (Å²) >= 11 is 0. The van der Waals surface area contributed by atoms with E-state index in [1.807, 2.05) is 4.57 Å². The fourth-order valence-electron chi connectivity index (χ4n) is 2.42. The maximum absolute atomic E-state index is 13.0. The van der Waals surface area contributed by atoms with Gasteiger partial charge in [-0.2, -0.15) is 0 Å².